The molecule has 3 aromatic rings. The molecule has 1 aromatic heterocycles. The average Bonchev–Trinajstić information content (AvgIpc) is 3.38. The van der Waals surface area contributed by atoms with Gasteiger partial charge in [0.05, 0.1) is 0 Å². The Morgan fingerprint density at radius 1 is 0.867 bits per heavy atom. The lowest BCUT2D eigenvalue weighted by atomic mass is 9.84. The van der Waals surface area contributed by atoms with Gasteiger partial charge in [-0.15, -0.1) is 0 Å². The van der Waals surface area contributed by atoms with E-state index in [1.54, 1.807) is 12.1 Å². The topological polar surface area (TPSA) is 40.6 Å². The molecule has 0 unspecified atom stereocenters. The third-order valence-electron chi connectivity index (χ3n) is 6.51. The van der Waals surface area contributed by atoms with Crippen molar-refractivity contribution in [3.63, 3.8) is 0 Å². The lowest BCUT2D eigenvalue weighted by Crippen LogP contribution is -2.60. The predicted octanol–water partition coefficient (Wildman–Crippen LogP) is 4.15. The van der Waals surface area contributed by atoms with Gasteiger partial charge in [-0.2, -0.15) is 11.3 Å². The summed E-state index contributed by atoms with van der Waals surface area (Å²) >= 11 is 1.53. The van der Waals surface area contributed by atoms with Crippen molar-refractivity contribution in [3.05, 3.63) is 93.2 Å². The van der Waals surface area contributed by atoms with E-state index in [9.17, 15) is 9.59 Å². The highest BCUT2D eigenvalue weighted by atomic mass is 32.1. The van der Waals surface area contributed by atoms with Crippen LogP contribution >= 0.6 is 11.3 Å². The molecule has 4 nitrogen and oxygen atoms in total. The Morgan fingerprint density at radius 3 is 2.10 bits per heavy atom. The smallest absolute Gasteiger partial charge is 0.196 e. The molecule has 0 bridgehead atoms. The minimum absolute atomic E-state index is 0.0751. The second kappa shape index (κ2) is 7.58. The molecule has 0 spiro atoms. The first-order chi connectivity index (χ1) is 14.6. The maximum Gasteiger partial charge on any atom is 0.196 e. The predicted molar refractivity (Wildman–Crippen MR) is 119 cm³/mol. The molecule has 5 rings (SSSR count). The van der Waals surface area contributed by atoms with Crippen LogP contribution in [0.1, 0.15) is 37.4 Å². The summed E-state index contributed by atoms with van der Waals surface area (Å²) in [7, 11) is 0. The summed E-state index contributed by atoms with van der Waals surface area (Å²) < 4.78 is 0. The van der Waals surface area contributed by atoms with Gasteiger partial charge in [-0.1, -0.05) is 48.5 Å². The number of hydrogen-bond donors (Lipinski definition) is 0. The van der Waals surface area contributed by atoms with Crippen LogP contribution in [0.2, 0.25) is 0 Å². The quantitative estimate of drug-likeness (QED) is 0.599. The maximum atomic E-state index is 13.7. The monoisotopic (exact) mass is 416 g/mol. The van der Waals surface area contributed by atoms with Crippen LogP contribution in [0.5, 0.6) is 0 Å². The van der Waals surface area contributed by atoms with Gasteiger partial charge < -0.3 is 0 Å². The Kier molecular flexibility index (Phi) is 4.89. The highest BCUT2D eigenvalue weighted by Crippen LogP contribution is 2.43. The lowest BCUT2D eigenvalue weighted by Gasteiger charge is -2.43. The molecule has 152 valence electrons. The van der Waals surface area contributed by atoms with Gasteiger partial charge in [0.15, 0.2) is 17.1 Å². The summed E-state index contributed by atoms with van der Waals surface area (Å²) in [6.45, 7) is 6.08. The molecular formula is C25H24N2O2S. The van der Waals surface area contributed by atoms with Crippen LogP contribution in [-0.2, 0) is 12.1 Å². The van der Waals surface area contributed by atoms with Crippen LogP contribution in [0.15, 0.2) is 65.4 Å². The van der Waals surface area contributed by atoms with Crippen LogP contribution in [0.25, 0.3) is 0 Å². The SMILES string of the molecule is Cc1ccccc1CN1CCN(C2(c3ccsc3)C(=O)c3ccccc3C2=O)CC1. The fraction of sp³-hybridized carbons (Fsp3) is 0.280. The molecule has 2 heterocycles. The van der Waals surface area contributed by atoms with Gasteiger partial charge in [0.1, 0.15) is 0 Å². The number of piperazine rings is 1. The van der Waals surface area contributed by atoms with Gasteiger partial charge in [-0.05, 0) is 40.4 Å². The molecule has 0 atom stereocenters. The largest absolute Gasteiger partial charge is 0.297 e. The van der Waals surface area contributed by atoms with Crippen molar-refractivity contribution in [2.75, 3.05) is 26.2 Å². The van der Waals surface area contributed by atoms with Crippen LogP contribution < -0.4 is 0 Å². The molecule has 1 aliphatic carbocycles. The molecule has 1 saturated heterocycles. The maximum absolute atomic E-state index is 13.7. The fourth-order valence-corrected chi connectivity index (χ4v) is 5.54. The van der Waals surface area contributed by atoms with E-state index in [2.05, 4.69) is 41.0 Å². The van der Waals surface area contributed by atoms with E-state index in [1.165, 1.54) is 22.5 Å². The summed E-state index contributed by atoms with van der Waals surface area (Å²) in [5.41, 5.74) is 3.33. The lowest BCUT2D eigenvalue weighted by molar-refractivity contribution is 0.0280. The second-order valence-corrected chi connectivity index (χ2v) is 8.90. The third kappa shape index (κ3) is 2.88. The zero-order chi connectivity index (χ0) is 20.7. The molecule has 0 N–H and O–H groups in total. The van der Waals surface area contributed by atoms with Gasteiger partial charge >= 0.3 is 0 Å². The van der Waals surface area contributed by atoms with E-state index >= 15 is 0 Å². The minimum Gasteiger partial charge on any atom is -0.297 e. The Hall–Kier alpha value is -2.60. The molecule has 0 saturated carbocycles. The van der Waals surface area contributed by atoms with E-state index in [-0.39, 0.29) is 11.6 Å². The standard InChI is InChI=1S/C25H24N2O2S/c1-18-6-2-3-7-19(18)16-26-11-13-27(14-12-26)25(20-10-15-30-17-20)23(28)21-8-4-5-9-22(21)24(25)29/h2-10,15,17H,11-14,16H2,1H3. The van der Waals surface area contributed by atoms with Gasteiger partial charge in [-0.3, -0.25) is 19.4 Å². The van der Waals surface area contributed by atoms with Gasteiger partial charge in [0.25, 0.3) is 0 Å². The average molecular weight is 417 g/mol. The zero-order valence-corrected chi connectivity index (χ0v) is 17.8. The van der Waals surface area contributed by atoms with Crippen molar-refractivity contribution in [2.24, 2.45) is 0 Å². The summed E-state index contributed by atoms with van der Waals surface area (Å²) in [5.74, 6) is -0.150. The number of thiophene rings is 1. The summed E-state index contributed by atoms with van der Waals surface area (Å²) in [6.07, 6.45) is 0. The first kappa shape index (κ1) is 19.4. The molecule has 5 heteroatoms. The van der Waals surface area contributed by atoms with Crippen molar-refractivity contribution in [1.29, 1.82) is 0 Å². The van der Waals surface area contributed by atoms with Crippen molar-refractivity contribution < 1.29 is 9.59 Å². The number of hydrogen-bond acceptors (Lipinski definition) is 5. The molecular weight excluding hydrogens is 392 g/mol. The summed E-state index contributed by atoms with van der Waals surface area (Å²) in [4.78, 5) is 31.9. The van der Waals surface area contributed by atoms with Crippen molar-refractivity contribution in [1.82, 2.24) is 9.80 Å². The number of Topliss-reactive ketones (excluding diaryl/α,β-unsaturated/α-hetero) is 2. The molecule has 1 aliphatic heterocycles. The van der Waals surface area contributed by atoms with E-state index in [0.717, 1.165) is 25.2 Å². The molecule has 1 fully saturated rings. The Bertz CT molecular complexity index is 1060. The molecule has 30 heavy (non-hydrogen) atoms. The third-order valence-corrected chi connectivity index (χ3v) is 7.20. The molecule has 0 radical (unpaired) electrons. The number of benzene rings is 2. The van der Waals surface area contributed by atoms with Crippen LogP contribution in [0.3, 0.4) is 0 Å². The van der Waals surface area contributed by atoms with Crippen LogP contribution in [-0.4, -0.2) is 47.5 Å². The molecule has 0 amide bonds. The summed E-state index contributed by atoms with van der Waals surface area (Å²) in [5, 5.41) is 3.91. The number of rotatable bonds is 4. The summed E-state index contributed by atoms with van der Waals surface area (Å²) in [6, 6.07) is 17.7. The number of aryl methyl sites for hydroxylation is 1. The van der Waals surface area contributed by atoms with Crippen molar-refractivity contribution in [3.8, 4) is 0 Å². The number of nitrogens with zero attached hydrogens (tertiary/aromatic N) is 2. The highest BCUT2D eigenvalue weighted by molar-refractivity contribution is 7.08. The fourth-order valence-electron chi connectivity index (χ4n) is 4.84. The second-order valence-electron chi connectivity index (χ2n) is 8.12. The number of carbonyl (C=O) groups is 2. The number of carbonyl (C=O) groups excluding carboxylic acids is 2. The zero-order valence-electron chi connectivity index (χ0n) is 17.0. The van der Waals surface area contributed by atoms with E-state index in [0.29, 0.717) is 24.2 Å². The first-order valence-corrected chi connectivity index (χ1v) is 11.3. The van der Waals surface area contributed by atoms with Gasteiger partial charge in [-0.25, -0.2) is 0 Å². The van der Waals surface area contributed by atoms with Crippen molar-refractivity contribution in [2.45, 2.75) is 19.0 Å². The van der Waals surface area contributed by atoms with Crippen LogP contribution in [0.4, 0.5) is 0 Å². The highest BCUT2D eigenvalue weighted by Gasteiger charge is 2.58. The van der Waals surface area contributed by atoms with E-state index in [1.807, 2.05) is 29.0 Å². The molecule has 2 aliphatic rings. The van der Waals surface area contributed by atoms with Crippen LogP contribution in [0, 0.1) is 6.92 Å². The number of ketones is 2. The van der Waals surface area contributed by atoms with Gasteiger partial charge in [0.2, 0.25) is 0 Å². The van der Waals surface area contributed by atoms with E-state index < -0.39 is 5.54 Å². The molecule has 2 aromatic carbocycles. The number of fused-ring (bicyclic) bond motifs is 1. The van der Waals surface area contributed by atoms with Gasteiger partial charge in [0, 0.05) is 43.9 Å². The minimum atomic E-state index is -1.21. The Labute approximate surface area is 180 Å². The first-order valence-electron chi connectivity index (χ1n) is 10.4. The Morgan fingerprint density at radius 2 is 1.50 bits per heavy atom. The van der Waals surface area contributed by atoms with Crippen molar-refractivity contribution >= 4 is 22.9 Å². The Balaban J connectivity index is 1.44. The normalized spacial score (nSPS) is 19.2. The van der Waals surface area contributed by atoms with E-state index in [4.69, 9.17) is 0 Å².